The summed E-state index contributed by atoms with van der Waals surface area (Å²) >= 11 is 0. The number of carbonyl (C=O) groups is 1. The van der Waals surface area contributed by atoms with Crippen LogP contribution >= 0.6 is 0 Å². The van der Waals surface area contributed by atoms with Crippen molar-refractivity contribution >= 4 is 5.97 Å². The van der Waals surface area contributed by atoms with Gasteiger partial charge in [-0.3, -0.25) is 4.79 Å². The van der Waals surface area contributed by atoms with Gasteiger partial charge in [0.05, 0.1) is 0 Å². The molecule has 0 saturated heterocycles. The van der Waals surface area contributed by atoms with E-state index in [1.165, 1.54) is 11.1 Å². The number of nitrogens with zero attached hydrogens (tertiary/aromatic N) is 1. The fourth-order valence-corrected chi connectivity index (χ4v) is 2.04. The molecule has 0 fully saturated rings. The third kappa shape index (κ3) is 5.00. The van der Waals surface area contributed by atoms with Gasteiger partial charge in [-0.2, -0.15) is 0 Å². The van der Waals surface area contributed by atoms with Gasteiger partial charge in [-0.15, -0.1) is 0 Å². The van der Waals surface area contributed by atoms with Gasteiger partial charge in [-0.05, 0) is 31.0 Å². The van der Waals surface area contributed by atoms with Crippen molar-refractivity contribution in [2.24, 2.45) is 5.92 Å². The number of hydrogen-bond donors (Lipinski definition) is 1. The number of hydrogen-bond acceptors (Lipinski definition) is 2. The van der Waals surface area contributed by atoms with Crippen molar-refractivity contribution < 1.29 is 9.90 Å². The van der Waals surface area contributed by atoms with Gasteiger partial charge in [0, 0.05) is 19.5 Å². The summed E-state index contributed by atoms with van der Waals surface area (Å²) in [7, 11) is 2.03. The zero-order valence-corrected chi connectivity index (χ0v) is 10.8. The minimum absolute atomic E-state index is 0.182. The van der Waals surface area contributed by atoms with Gasteiger partial charge in [-0.1, -0.05) is 31.2 Å². The van der Waals surface area contributed by atoms with E-state index in [0.717, 1.165) is 13.1 Å². The lowest BCUT2D eigenvalue weighted by molar-refractivity contribution is -0.138. The molecule has 1 unspecified atom stereocenters. The van der Waals surface area contributed by atoms with Crippen LogP contribution in [0.4, 0.5) is 0 Å². The molecule has 1 rings (SSSR count). The minimum atomic E-state index is -0.721. The van der Waals surface area contributed by atoms with E-state index in [1.807, 2.05) is 26.1 Å². The van der Waals surface area contributed by atoms with E-state index in [9.17, 15) is 4.79 Å². The highest BCUT2D eigenvalue weighted by Gasteiger charge is 2.11. The first-order valence-corrected chi connectivity index (χ1v) is 5.94. The Kier molecular flexibility index (Phi) is 5.16. The maximum atomic E-state index is 10.6. The fraction of sp³-hybridized carbons (Fsp3) is 0.500. The Labute approximate surface area is 103 Å². The third-order valence-electron chi connectivity index (χ3n) is 2.85. The molecule has 94 valence electrons. The van der Waals surface area contributed by atoms with Crippen LogP contribution in [-0.4, -0.2) is 29.6 Å². The first kappa shape index (κ1) is 13.7. The molecule has 1 N–H and O–H groups in total. The molecule has 0 aliphatic heterocycles. The molecule has 17 heavy (non-hydrogen) atoms. The zero-order chi connectivity index (χ0) is 12.8. The van der Waals surface area contributed by atoms with Crippen molar-refractivity contribution in [3.8, 4) is 0 Å². The highest BCUT2D eigenvalue weighted by Crippen LogP contribution is 2.11. The molecule has 0 aliphatic carbocycles. The number of carboxylic acid groups (broad SMARTS) is 1. The summed E-state index contributed by atoms with van der Waals surface area (Å²) in [6, 6.07) is 8.29. The quantitative estimate of drug-likeness (QED) is 0.823. The summed E-state index contributed by atoms with van der Waals surface area (Å²) in [4.78, 5) is 12.8. The van der Waals surface area contributed by atoms with Gasteiger partial charge >= 0.3 is 5.97 Å². The van der Waals surface area contributed by atoms with Crippen molar-refractivity contribution in [2.75, 3.05) is 13.6 Å². The lowest BCUT2D eigenvalue weighted by Gasteiger charge is -2.21. The molecule has 0 aliphatic rings. The first-order chi connectivity index (χ1) is 7.99. The van der Waals surface area contributed by atoms with E-state index in [0.29, 0.717) is 0 Å². The Bertz CT molecular complexity index is 376. The topological polar surface area (TPSA) is 40.5 Å². The molecule has 0 radical (unpaired) electrons. The molecule has 0 heterocycles. The number of aliphatic carboxylic acids is 1. The average Bonchev–Trinajstić information content (AvgIpc) is 2.19. The van der Waals surface area contributed by atoms with Crippen molar-refractivity contribution in [3.05, 3.63) is 35.4 Å². The fourth-order valence-electron chi connectivity index (χ4n) is 2.04. The molecule has 1 atom stereocenters. The molecule has 0 spiro atoms. The molecule has 1 aromatic carbocycles. The first-order valence-electron chi connectivity index (χ1n) is 5.94. The second-order valence-corrected chi connectivity index (χ2v) is 4.83. The van der Waals surface area contributed by atoms with E-state index in [1.54, 1.807) is 0 Å². The third-order valence-corrected chi connectivity index (χ3v) is 2.85. The summed E-state index contributed by atoms with van der Waals surface area (Å²) in [5.41, 5.74) is 2.59. The van der Waals surface area contributed by atoms with Crippen LogP contribution in [0.1, 0.15) is 24.5 Å². The van der Waals surface area contributed by atoms with Crippen molar-refractivity contribution in [1.29, 1.82) is 0 Å². The van der Waals surface area contributed by atoms with E-state index in [4.69, 9.17) is 5.11 Å². The maximum Gasteiger partial charge on any atom is 0.303 e. The zero-order valence-electron chi connectivity index (χ0n) is 10.8. The van der Waals surface area contributed by atoms with E-state index in [2.05, 4.69) is 24.0 Å². The van der Waals surface area contributed by atoms with Crippen LogP contribution in [0.2, 0.25) is 0 Å². The SMILES string of the molecule is Cc1ccccc1CN(C)CC(C)CC(=O)O. The monoisotopic (exact) mass is 235 g/mol. The van der Waals surface area contributed by atoms with Crippen LogP contribution < -0.4 is 0 Å². The van der Waals surface area contributed by atoms with E-state index in [-0.39, 0.29) is 12.3 Å². The second-order valence-electron chi connectivity index (χ2n) is 4.83. The minimum Gasteiger partial charge on any atom is -0.481 e. The molecule has 0 saturated carbocycles. The Balaban J connectivity index is 2.47. The second kappa shape index (κ2) is 6.40. The summed E-state index contributed by atoms with van der Waals surface area (Å²) in [5.74, 6) is -0.539. The number of benzene rings is 1. The summed E-state index contributed by atoms with van der Waals surface area (Å²) in [5, 5.41) is 8.71. The number of rotatable bonds is 6. The number of carboxylic acids is 1. The Morgan fingerprint density at radius 2 is 2.06 bits per heavy atom. The predicted molar refractivity (Wildman–Crippen MR) is 68.9 cm³/mol. The van der Waals surface area contributed by atoms with Crippen LogP contribution in [0.25, 0.3) is 0 Å². The molecular weight excluding hydrogens is 214 g/mol. The Hall–Kier alpha value is -1.35. The Morgan fingerprint density at radius 3 is 2.65 bits per heavy atom. The normalized spacial score (nSPS) is 12.7. The van der Waals surface area contributed by atoms with Crippen molar-refractivity contribution in [1.82, 2.24) is 4.90 Å². The molecular formula is C14H21NO2. The molecule has 3 heteroatoms. The molecule has 1 aromatic rings. The Morgan fingerprint density at radius 1 is 1.41 bits per heavy atom. The molecule has 0 aromatic heterocycles. The maximum absolute atomic E-state index is 10.6. The summed E-state index contributed by atoms with van der Waals surface area (Å²) in [6.45, 7) is 5.75. The van der Waals surface area contributed by atoms with E-state index >= 15 is 0 Å². The molecule has 3 nitrogen and oxygen atoms in total. The summed E-state index contributed by atoms with van der Waals surface area (Å²) < 4.78 is 0. The number of aryl methyl sites for hydroxylation is 1. The standard InChI is InChI=1S/C14H21NO2/c1-11(8-14(16)17)9-15(3)10-13-7-5-4-6-12(13)2/h4-7,11H,8-10H2,1-3H3,(H,16,17). The van der Waals surface area contributed by atoms with Gasteiger partial charge in [0.25, 0.3) is 0 Å². The van der Waals surface area contributed by atoms with Crippen molar-refractivity contribution in [3.63, 3.8) is 0 Å². The van der Waals surface area contributed by atoms with Crippen molar-refractivity contribution in [2.45, 2.75) is 26.8 Å². The van der Waals surface area contributed by atoms with Gasteiger partial charge in [0.2, 0.25) is 0 Å². The highest BCUT2D eigenvalue weighted by molar-refractivity contribution is 5.66. The van der Waals surface area contributed by atoms with Crippen LogP contribution in [0.15, 0.2) is 24.3 Å². The van der Waals surface area contributed by atoms with E-state index < -0.39 is 5.97 Å². The molecule has 0 bridgehead atoms. The highest BCUT2D eigenvalue weighted by atomic mass is 16.4. The lowest BCUT2D eigenvalue weighted by atomic mass is 10.1. The van der Waals surface area contributed by atoms with Gasteiger partial charge < -0.3 is 10.0 Å². The largest absolute Gasteiger partial charge is 0.481 e. The smallest absolute Gasteiger partial charge is 0.303 e. The van der Waals surface area contributed by atoms with Crippen LogP contribution in [0, 0.1) is 12.8 Å². The van der Waals surface area contributed by atoms with Gasteiger partial charge in [0.1, 0.15) is 0 Å². The van der Waals surface area contributed by atoms with Crippen LogP contribution in [0.5, 0.6) is 0 Å². The predicted octanol–water partition coefficient (Wildman–Crippen LogP) is 2.54. The average molecular weight is 235 g/mol. The lowest BCUT2D eigenvalue weighted by Crippen LogP contribution is -2.25. The summed E-state index contributed by atoms with van der Waals surface area (Å²) in [6.07, 6.45) is 0.234. The van der Waals surface area contributed by atoms with Crippen LogP contribution in [0.3, 0.4) is 0 Å². The van der Waals surface area contributed by atoms with Crippen LogP contribution in [-0.2, 0) is 11.3 Å². The van der Waals surface area contributed by atoms with Gasteiger partial charge in [-0.25, -0.2) is 0 Å². The van der Waals surface area contributed by atoms with Gasteiger partial charge in [0.15, 0.2) is 0 Å². The molecule has 0 amide bonds.